The number of benzene rings is 1. The normalized spacial score (nSPS) is 12.5. The molecular weight excluding hydrogens is 268 g/mol. The van der Waals surface area contributed by atoms with E-state index in [2.05, 4.69) is 52.9 Å². The predicted octanol–water partition coefficient (Wildman–Crippen LogP) is 2.52. The van der Waals surface area contributed by atoms with E-state index in [9.17, 15) is 0 Å². The van der Waals surface area contributed by atoms with E-state index < -0.39 is 0 Å². The Morgan fingerprint density at radius 3 is 2.75 bits per heavy atom. The maximum Gasteiger partial charge on any atom is 0.0842 e. The summed E-state index contributed by atoms with van der Waals surface area (Å²) in [7, 11) is 1.91. The van der Waals surface area contributed by atoms with Crippen LogP contribution < -0.4 is 5.32 Å². The zero-order chi connectivity index (χ0) is 14.2. The molecule has 0 saturated heterocycles. The van der Waals surface area contributed by atoms with E-state index in [0.29, 0.717) is 6.04 Å². The van der Waals surface area contributed by atoms with Crippen molar-refractivity contribution in [3.05, 3.63) is 42.2 Å². The van der Waals surface area contributed by atoms with E-state index in [1.807, 2.05) is 25.0 Å². The fourth-order valence-electron chi connectivity index (χ4n) is 1.99. The molecule has 108 valence electrons. The summed E-state index contributed by atoms with van der Waals surface area (Å²) in [5.74, 6) is 1.04. The lowest BCUT2D eigenvalue weighted by molar-refractivity contribution is 0.544. The van der Waals surface area contributed by atoms with Gasteiger partial charge in [0, 0.05) is 36.4 Å². The first-order valence-electron chi connectivity index (χ1n) is 7.04. The van der Waals surface area contributed by atoms with Crippen molar-refractivity contribution in [2.45, 2.75) is 30.7 Å². The molecule has 1 aromatic heterocycles. The van der Waals surface area contributed by atoms with E-state index in [1.165, 1.54) is 4.90 Å². The van der Waals surface area contributed by atoms with E-state index in [1.54, 1.807) is 4.68 Å². The molecule has 2 aromatic rings. The van der Waals surface area contributed by atoms with Crippen LogP contribution in [-0.2, 0) is 13.5 Å². The maximum absolute atomic E-state index is 4.18. The minimum atomic E-state index is 0.428. The van der Waals surface area contributed by atoms with Gasteiger partial charge in [-0.3, -0.25) is 4.68 Å². The first-order valence-corrected chi connectivity index (χ1v) is 8.03. The number of nitrogens with zero attached hydrogens (tertiary/aromatic N) is 3. The molecular formula is C15H22N4S. The van der Waals surface area contributed by atoms with Crippen LogP contribution in [0.5, 0.6) is 0 Å². The van der Waals surface area contributed by atoms with Crippen molar-refractivity contribution in [1.82, 2.24) is 20.3 Å². The van der Waals surface area contributed by atoms with Gasteiger partial charge in [0.1, 0.15) is 0 Å². The Labute approximate surface area is 125 Å². The number of nitrogens with one attached hydrogen (secondary N) is 1. The molecule has 4 nitrogen and oxygen atoms in total. The summed E-state index contributed by atoms with van der Waals surface area (Å²) in [6.07, 6.45) is 4.06. The minimum Gasteiger partial charge on any atom is -0.313 e. The van der Waals surface area contributed by atoms with Gasteiger partial charge in [0.15, 0.2) is 0 Å². The van der Waals surface area contributed by atoms with Crippen molar-refractivity contribution in [3.8, 4) is 0 Å². The summed E-state index contributed by atoms with van der Waals surface area (Å²) in [5, 5.41) is 11.8. The highest BCUT2D eigenvalue weighted by molar-refractivity contribution is 7.99. The average Bonchev–Trinajstić information content (AvgIpc) is 2.88. The van der Waals surface area contributed by atoms with Crippen molar-refractivity contribution < 1.29 is 0 Å². The molecule has 5 heteroatoms. The molecule has 0 fully saturated rings. The molecule has 2 rings (SSSR count). The quantitative estimate of drug-likeness (QED) is 0.759. The predicted molar refractivity (Wildman–Crippen MR) is 84.0 cm³/mol. The van der Waals surface area contributed by atoms with Gasteiger partial charge in [-0.1, -0.05) is 30.3 Å². The number of aryl methyl sites for hydroxylation is 1. The van der Waals surface area contributed by atoms with Crippen LogP contribution >= 0.6 is 11.8 Å². The highest BCUT2D eigenvalue weighted by Crippen LogP contribution is 2.19. The molecule has 0 aliphatic carbocycles. The number of hydrogen-bond donors (Lipinski definition) is 1. The summed E-state index contributed by atoms with van der Waals surface area (Å²) < 4.78 is 1.76. The fraction of sp³-hybridized carbons (Fsp3) is 0.467. The minimum absolute atomic E-state index is 0.428. The molecule has 20 heavy (non-hydrogen) atoms. The highest BCUT2D eigenvalue weighted by atomic mass is 32.2. The number of aromatic nitrogens is 3. The molecule has 0 bridgehead atoms. The Bertz CT molecular complexity index is 498. The van der Waals surface area contributed by atoms with Gasteiger partial charge in [-0.2, -0.15) is 0 Å². The van der Waals surface area contributed by atoms with E-state index in [-0.39, 0.29) is 0 Å². The third kappa shape index (κ3) is 4.98. The lowest BCUT2D eigenvalue weighted by atomic mass is 10.2. The van der Waals surface area contributed by atoms with Crippen molar-refractivity contribution in [3.63, 3.8) is 0 Å². The zero-order valence-corrected chi connectivity index (χ0v) is 12.9. The van der Waals surface area contributed by atoms with Gasteiger partial charge in [0.2, 0.25) is 0 Å². The lowest BCUT2D eigenvalue weighted by Crippen LogP contribution is -2.34. The smallest absolute Gasteiger partial charge is 0.0842 e. The Morgan fingerprint density at radius 1 is 1.30 bits per heavy atom. The molecule has 1 heterocycles. The zero-order valence-electron chi connectivity index (χ0n) is 12.1. The molecule has 0 amide bonds. The highest BCUT2D eigenvalue weighted by Gasteiger charge is 2.11. The van der Waals surface area contributed by atoms with Crippen LogP contribution in [0.25, 0.3) is 0 Å². The molecule has 0 aliphatic rings. The largest absolute Gasteiger partial charge is 0.313 e. The molecule has 0 radical (unpaired) electrons. The number of hydrogen-bond acceptors (Lipinski definition) is 4. The van der Waals surface area contributed by atoms with Gasteiger partial charge < -0.3 is 5.32 Å². The Hall–Kier alpha value is -1.33. The van der Waals surface area contributed by atoms with Gasteiger partial charge in [-0.15, -0.1) is 16.9 Å². The third-order valence-corrected chi connectivity index (χ3v) is 4.16. The summed E-state index contributed by atoms with van der Waals surface area (Å²) >= 11 is 1.89. The van der Waals surface area contributed by atoms with Crippen LogP contribution in [0.2, 0.25) is 0 Å². The van der Waals surface area contributed by atoms with Crippen molar-refractivity contribution in [2.24, 2.45) is 7.05 Å². The maximum atomic E-state index is 4.18. The molecule has 1 atom stereocenters. The second-order valence-electron chi connectivity index (χ2n) is 4.86. The van der Waals surface area contributed by atoms with Crippen LogP contribution in [-0.4, -0.2) is 33.3 Å². The summed E-state index contributed by atoms with van der Waals surface area (Å²) in [6.45, 7) is 3.23. The first-order chi connectivity index (χ1) is 9.78. The first kappa shape index (κ1) is 15.1. The van der Waals surface area contributed by atoms with Gasteiger partial charge >= 0.3 is 0 Å². The van der Waals surface area contributed by atoms with Gasteiger partial charge in [0.25, 0.3) is 0 Å². The topological polar surface area (TPSA) is 42.7 Å². The molecule has 0 aliphatic heterocycles. The summed E-state index contributed by atoms with van der Waals surface area (Å²) in [4.78, 5) is 1.31. The SMILES string of the molecule is CCCNC(CSc1ccccc1)Cc1cn(C)nn1. The molecule has 0 saturated carbocycles. The molecule has 1 aromatic carbocycles. The second kappa shape index (κ2) is 8.07. The molecule has 0 spiro atoms. The average molecular weight is 290 g/mol. The Morgan fingerprint density at radius 2 is 2.10 bits per heavy atom. The lowest BCUT2D eigenvalue weighted by Gasteiger charge is -2.17. The van der Waals surface area contributed by atoms with Crippen molar-refractivity contribution in [1.29, 1.82) is 0 Å². The standard InChI is InChI=1S/C15H22N4S/c1-3-9-16-14(10-13-11-19(2)18-17-13)12-20-15-7-5-4-6-8-15/h4-8,11,14,16H,3,9-10,12H2,1-2H3. The molecule has 1 N–H and O–H groups in total. The third-order valence-electron chi connectivity index (χ3n) is 2.98. The number of thioether (sulfide) groups is 1. The van der Waals surface area contributed by atoms with Crippen LogP contribution in [0.15, 0.2) is 41.4 Å². The van der Waals surface area contributed by atoms with Crippen molar-refractivity contribution in [2.75, 3.05) is 12.3 Å². The van der Waals surface area contributed by atoms with Crippen molar-refractivity contribution >= 4 is 11.8 Å². The van der Waals surface area contributed by atoms with E-state index >= 15 is 0 Å². The molecule has 1 unspecified atom stereocenters. The van der Waals surface area contributed by atoms with Crippen LogP contribution in [0, 0.1) is 0 Å². The summed E-state index contributed by atoms with van der Waals surface area (Å²) in [6, 6.07) is 11.0. The van der Waals surface area contributed by atoms with Crippen LogP contribution in [0.1, 0.15) is 19.0 Å². The fourth-order valence-corrected chi connectivity index (χ4v) is 2.97. The van der Waals surface area contributed by atoms with E-state index in [0.717, 1.165) is 30.8 Å². The van der Waals surface area contributed by atoms with Crippen LogP contribution in [0.3, 0.4) is 0 Å². The monoisotopic (exact) mass is 290 g/mol. The van der Waals surface area contributed by atoms with Gasteiger partial charge in [-0.25, -0.2) is 0 Å². The van der Waals surface area contributed by atoms with Gasteiger partial charge in [-0.05, 0) is 25.1 Å². The Balaban J connectivity index is 1.89. The van der Waals surface area contributed by atoms with E-state index in [4.69, 9.17) is 0 Å². The Kier molecular flexibility index (Phi) is 6.08. The van der Waals surface area contributed by atoms with Crippen LogP contribution in [0.4, 0.5) is 0 Å². The summed E-state index contributed by atoms with van der Waals surface area (Å²) in [5.41, 5.74) is 1.05. The second-order valence-corrected chi connectivity index (χ2v) is 5.96. The van der Waals surface area contributed by atoms with Gasteiger partial charge in [0.05, 0.1) is 5.69 Å². The number of rotatable bonds is 8.